The van der Waals surface area contributed by atoms with E-state index in [9.17, 15) is 0 Å². The van der Waals surface area contributed by atoms with Gasteiger partial charge in [0.1, 0.15) is 22.9 Å². The van der Waals surface area contributed by atoms with E-state index in [0.717, 1.165) is 5.56 Å². The number of hydrogen-bond acceptors (Lipinski definition) is 7. The van der Waals surface area contributed by atoms with Gasteiger partial charge in [-0.3, -0.25) is 0 Å². The molecule has 3 rings (SSSR count). The minimum atomic E-state index is 0.456. The van der Waals surface area contributed by atoms with Crippen molar-refractivity contribution >= 4 is 11.4 Å². The fourth-order valence-electron chi connectivity index (χ4n) is 2.57. The van der Waals surface area contributed by atoms with Gasteiger partial charge in [-0.25, -0.2) is 4.98 Å². The largest absolute Gasteiger partial charge is 0.497 e. The van der Waals surface area contributed by atoms with Gasteiger partial charge < -0.3 is 30.1 Å². The normalized spacial score (nSPS) is 10.5. The zero-order valence-electron chi connectivity index (χ0n) is 14.2. The maximum Gasteiger partial charge on any atom is 0.182 e. The predicted octanol–water partition coefficient (Wildman–Crippen LogP) is 3.20. The Morgan fingerprint density at radius 1 is 0.840 bits per heavy atom. The van der Waals surface area contributed by atoms with E-state index in [1.807, 2.05) is 12.1 Å². The molecule has 0 radical (unpaired) electrons. The molecule has 0 spiro atoms. The van der Waals surface area contributed by atoms with Crippen molar-refractivity contribution in [2.45, 2.75) is 0 Å². The van der Waals surface area contributed by atoms with Crippen LogP contribution in [-0.2, 0) is 0 Å². The lowest BCUT2D eigenvalue weighted by Gasteiger charge is -2.11. The summed E-state index contributed by atoms with van der Waals surface area (Å²) in [7, 11) is 4.71. The Morgan fingerprint density at radius 2 is 1.52 bits per heavy atom. The number of nitrogens with zero attached hydrogens (tertiary/aromatic N) is 1. The van der Waals surface area contributed by atoms with Crippen LogP contribution in [0.2, 0.25) is 0 Å². The lowest BCUT2D eigenvalue weighted by atomic mass is 10.0. The molecule has 0 atom stereocenters. The first kappa shape index (κ1) is 16.5. The standard InChI is InChI=1S/C18H19N3O4/c1-22-11-4-10(5-12(6-11)23-2)17-18(25-9-21-17)13-7-15(20)16(24-3)8-14(13)19/h4-9H,19-20H2,1-3H3. The summed E-state index contributed by atoms with van der Waals surface area (Å²) >= 11 is 0. The first-order valence-corrected chi connectivity index (χ1v) is 7.47. The van der Waals surface area contributed by atoms with Gasteiger partial charge in [-0.05, 0) is 18.2 Å². The Morgan fingerprint density at radius 3 is 2.12 bits per heavy atom. The van der Waals surface area contributed by atoms with Crippen molar-refractivity contribution in [3.8, 4) is 39.8 Å². The average molecular weight is 341 g/mol. The van der Waals surface area contributed by atoms with Gasteiger partial charge in [0.05, 0.1) is 27.0 Å². The van der Waals surface area contributed by atoms with Crippen molar-refractivity contribution in [3.63, 3.8) is 0 Å². The van der Waals surface area contributed by atoms with E-state index in [1.165, 1.54) is 13.5 Å². The molecule has 1 aromatic heterocycles. The minimum absolute atomic E-state index is 0.456. The molecule has 2 aromatic carbocycles. The topological polar surface area (TPSA) is 106 Å². The lowest BCUT2D eigenvalue weighted by Crippen LogP contribution is -1.98. The number of methoxy groups -OCH3 is 3. The highest BCUT2D eigenvalue weighted by Crippen LogP contribution is 2.40. The zero-order valence-corrected chi connectivity index (χ0v) is 14.2. The molecule has 0 bridgehead atoms. The third kappa shape index (κ3) is 3.03. The highest BCUT2D eigenvalue weighted by Gasteiger charge is 2.18. The molecule has 4 N–H and O–H groups in total. The molecule has 0 aliphatic rings. The van der Waals surface area contributed by atoms with Gasteiger partial charge in [0.2, 0.25) is 0 Å². The monoisotopic (exact) mass is 341 g/mol. The molecule has 0 fully saturated rings. The van der Waals surface area contributed by atoms with Gasteiger partial charge in [0, 0.05) is 28.9 Å². The average Bonchev–Trinajstić information content (AvgIpc) is 3.12. The first-order chi connectivity index (χ1) is 12.1. The van der Waals surface area contributed by atoms with Crippen LogP contribution < -0.4 is 25.7 Å². The Balaban J connectivity index is 2.15. The van der Waals surface area contributed by atoms with Crippen LogP contribution >= 0.6 is 0 Å². The van der Waals surface area contributed by atoms with Crippen molar-refractivity contribution < 1.29 is 18.6 Å². The first-order valence-electron chi connectivity index (χ1n) is 7.47. The second kappa shape index (κ2) is 6.64. The number of benzene rings is 2. The van der Waals surface area contributed by atoms with E-state index in [1.54, 1.807) is 32.4 Å². The summed E-state index contributed by atoms with van der Waals surface area (Å²) in [6, 6.07) is 8.82. The summed E-state index contributed by atoms with van der Waals surface area (Å²) in [6.45, 7) is 0. The second-order valence-corrected chi connectivity index (χ2v) is 5.31. The summed E-state index contributed by atoms with van der Waals surface area (Å²) < 4.78 is 21.4. The lowest BCUT2D eigenvalue weighted by molar-refractivity contribution is 0.394. The van der Waals surface area contributed by atoms with E-state index in [-0.39, 0.29) is 0 Å². The summed E-state index contributed by atoms with van der Waals surface area (Å²) in [5.74, 6) is 2.29. The second-order valence-electron chi connectivity index (χ2n) is 5.31. The van der Waals surface area contributed by atoms with Crippen LogP contribution in [0.4, 0.5) is 11.4 Å². The maximum atomic E-state index is 6.14. The maximum absolute atomic E-state index is 6.14. The van der Waals surface area contributed by atoms with E-state index in [2.05, 4.69) is 4.98 Å². The molecule has 7 heteroatoms. The van der Waals surface area contributed by atoms with Crippen LogP contribution in [0, 0.1) is 0 Å². The van der Waals surface area contributed by atoms with Crippen molar-refractivity contribution in [3.05, 3.63) is 36.7 Å². The van der Waals surface area contributed by atoms with Crippen LogP contribution in [-0.4, -0.2) is 26.3 Å². The number of rotatable bonds is 5. The molecule has 130 valence electrons. The molecule has 0 aliphatic carbocycles. The molecule has 7 nitrogen and oxygen atoms in total. The quantitative estimate of drug-likeness (QED) is 0.686. The molecule has 25 heavy (non-hydrogen) atoms. The Kier molecular flexibility index (Phi) is 4.38. The Bertz CT molecular complexity index is 883. The number of nitrogen functional groups attached to an aromatic ring is 2. The zero-order chi connectivity index (χ0) is 18.0. The van der Waals surface area contributed by atoms with E-state index in [0.29, 0.717) is 45.6 Å². The third-order valence-electron chi connectivity index (χ3n) is 3.84. The Hall–Kier alpha value is -3.35. The smallest absolute Gasteiger partial charge is 0.182 e. The van der Waals surface area contributed by atoms with Crippen LogP contribution in [0.5, 0.6) is 17.2 Å². The SMILES string of the molecule is COc1cc(OC)cc(-c2ncoc2-c2cc(N)c(OC)cc2N)c1. The molecule has 0 saturated carbocycles. The predicted molar refractivity (Wildman–Crippen MR) is 95.9 cm³/mol. The van der Waals surface area contributed by atoms with Gasteiger partial charge in [-0.2, -0.15) is 0 Å². The van der Waals surface area contributed by atoms with Gasteiger partial charge in [0.15, 0.2) is 12.2 Å². The van der Waals surface area contributed by atoms with Crippen LogP contribution in [0.15, 0.2) is 41.1 Å². The summed E-state index contributed by atoms with van der Waals surface area (Å²) in [4.78, 5) is 4.32. The van der Waals surface area contributed by atoms with Gasteiger partial charge in [0.25, 0.3) is 0 Å². The highest BCUT2D eigenvalue weighted by molar-refractivity contribution is 5.87. The van der Waals surface area contributed by atoms with Gasteiger partial charge in [-0.1, -0.05) is 0 Å². The molecule has 1 heterocycles. The summed E-state index contributed by atoms with van der Waals surface area (Å²) in [5.41, 5.74) is 15.1. The number of ether oxygens (including phenoxy) is 3. The van der Waals surface area contributed by atoms with E-state index in [4.69, 9.17) is 30.1 Å². The molecule has 0 aliphatic heterocycles. The van der Waals surface area contributed by atoms with Crippen LogP contribution in [0.3, 0.4) is 0 Å². The molecule has 0 unspecified atom stereocenters. The van der Waals surface area contributed by atoms with Crippen LogP contribution in [0.1, 0.15) is 0 Å². The molecule has 0 saturated heterocycles. The number of anilines is 2. The molecular formula is C18H19N3O4. The summed E-state index contributed by atoms with van der Waals surface area (Å²) in [6.07, 6.45) is 1.36. The molecule has 3 aromatic rings. The summed E-state index contributed by atoms with van der Waals surface area (Å²) in [5, 5.41) is 0. The van der Waals surface area contributed by atoms with Crippen molar-refractivity contribution in [1.82, 2.24) is 4.98 Å². The number of aromatic nitrogens is 1. The number of nitrogens with two attached hydrogens (primary N) is 2. The molecule has 0 amide bonds. The van der Waals surface area contributed by atoms with Gasteiger partial charge in [-0.15, -0.1) is 0 Å². The molecular weight excluding hydrogens is 322 g/mol. The fraction of sp³-hybridized carbons (Fsp3) is 0.167. The minimum Gasteiger partial charge on any atom is -0.497 e. The van der Waals surface area contributed by atoms with Crippen LogP contribution in [0.25, 0.3) is 22.6 Å². The highest BCUT2D eigenvalue weighted by atomic mass is 16.5. The van der Waals surface area contributed by atoms with Crippen molar-refractivity contribution in [2.24, 2.45) is 0 Å². The number of hydrogen-bond donors (Lipinski definition) is 2. The fourth-order valence-corrected chi connectivity index (χ4v) is 2.57. The van der Waals surface area contributed by atoms with E-state index < -0.39 is 0 Å². The van der Waals surface area contributed by atoms with Crippen molar-refractivity contribution in [1.29, 1.82) is 0 Å². The van der Waals surface area contributed by atoms with Crippen molar-refractivity contribution in [2.75, 3.05) is 32.8 Å². The van der Waals surface area contributed by atoms with Gasteiger partial charge >= 0.3 is 0 Å². The Labute approximate surface area is 145 Å². The third-order valence-corrected chi connectivity index (χ3v) is 3.84. The van der Waals surface area contributed by atoms with E-state index >= 15 is 0 Å². The number of oxazole rings is 1.